The highest BCUT2D eigenvalue weighted by molar-refractivity contribution is 5.70. The number of ether oxygens (including phenoxy) is 3. The van der Waals surface area contributed by atoms with Crippen molar-refractivity contribution in [2.24, 2.45) is 0 Å². The van der Waals surface area contributed by atoms with Crippen molar-refractivity contribution in [1.82, 2.24) is 14.5 Å². The quantitative estimate of drug-likeness (QED) is 0.494. The van der Waals surface area contributed by atoms with Crippen molar-refractivity contribution >= 4 is 0 Å². The van der Waals surface area contributed by atoms with Gasteiger partial charge in [0, 0.05) is 34.6 Å². The monoisotopic (exact) mass is 465 g/mol. The van der Waals surface area contributed by atoms with Crippen LogP contribution in [0.1, 0.15) is 17.1 Å². The van der Waals surface area contributed by atoms with Gasteiger partial charge in [0.15, 0.2) is 11.5 Å². The summed E-state index contributed by atoms with van der Waals surface area (Å²) in [5, 5.41) is 0. The van der Waals surface area contributed by atoms with Gasteiger partial charge in [-0.2, -0.15) is 0 Å². The van der Waals surface area contributed by atoms with Gasteiger partial charge in [-0.05, 0) is 44.2 Å². The maximum Gasteiger partial charge on any atom is 0.573 e. The number of hydrogen-bond donors (Lipinski definition) is 0. The Labute approximate surface area is 188 Å². The van der Waals surface area contributed by atoms with Crippen molar-refractivity contribution in [2.75, 3.05) is 20.4 Å². The molecule has 0 saturated heterocycles. The molecule has 1 aliphatic rings. The zero-order chi connectivity index (χ0) is 23.8. The number of benzene rings is 1. The largest absolute Gasteiger partial charge is 0.573 e. The molecular formula is C23H23F4N3O3. The molecule has 6 nitrogen and oxygen atoms in total. The minimum Gasteiger partial charge on any atom is -0.493 e. The minimum atomic E-state index is -4.89. The molecule has 2 aromatic heterocycles. The molecule has 33 heavy (non-hydrogen) atoms. The van der Waals surface area contributed by atoms with E-state index in [1.54, 1.807) is 6.07 Å². The predicted octanol–water partition coefficient (Wildman–Crippen LogP) is 5.05. The average molecular weight is 465 g/mol. The lowest BCUT2D eigenvalue weighted by Gasteiger charge is -2.16. The standard InChI is InChI=1S/C23H23F4N3O3/c1-13-8-16(9-14(2)28-13)21-18-6-7-32-17(11-24)12-30(18)22(29-21)15-4-5-19(31-3)20(10-15)33-23(25,26)27/h4-5,8-10,17H,6-7,11-12H2,1-3H3/t17-/m1/s1. The molecule has 176 valence electrons. The lowest BCUT2D eigenvalue weighted by Crippen LogP contribution is -2.21. The maximum atomic E-state index is 13.5. The molecular weight excluding hydrogens is 442 g/mol. The Bertz CT molecular complexity index is 1140. The van der Waals surface area contributed by atoms with E-state index in [-0.39, 0.29) is 12.3 Å². The number of nitrogens with zero attached hydrogens (tertiary/aromatic N) is 3. The number of pyridine rings is 1. The maximum absolute atomic E-state index is 13.5. The summed E-state index contributed by atoms with van der Waals surface area (Å²) in [6, 6.07) is 8.00. The third kappa shape index (κ3) is 4.95. The number of aromatic nitrogens is 3. The van der Waals surface area contributed by atoms with E-state index in [1.165, 1.54) is 19.2 Å². The van der Waals surface area contributed by atoms with E-state index in [1.807, 2.05) is 30.5 Å². The first-order valence-corrected chi connectivity index (χ1v) is 10.3. The molecule has 0 amide bonds. The van der Waals surface area contributed by atoms with Crippen LogP contribution >= 0.6 is 0 Å². The minimum absolute atomic E-state index is 0.0655. The highest BCUT2D eigenvalue weighted by Gasteiger charge is 2.33. The third-order valence-electron chi connectivity index (χ3n) is 5.33. The number of aryl methyl sites for hydroxylation is 2. The number of alkyl halides is 4. The first-order valence-electron chi connectivity index (χ1n) is 10.3. The van der Waals surface area contributed by atoms with Crippen molar-refractivity contribution in [1.29, 1.82) is 0 Å². The molecule has 0 N–H and O–H groups in total. The predicted molar refractivity (Wildman–Crippen MR) is 113 cm³/mol. The topological polar surface area (TPSA) is 58.4 Å². The fourth-order valence-electron chi connectivity index (χ4n) is 4.05. The molecule has 4 rings (SSSR count). The van der Waals surface area contributed by atoms with Crippen LogP contribution in [-0.4, -0.2) is 47.4 Å². The van der Waals surface area contributed by atoms with Gasteiger partial charge in [-0.1, -0.05) is 0 Å². The Balaban J connectivity index is 1.90. The lowest BCUT2D eigenvalue weighted by molar-refractivity contribution is -0.275. The van der Waals surface area contributed by atoms with Gasteiger partial charge in [0.05, 0.1) is 26.0 Å². The second-order valence-electron chi connectivity index (χ2n) is 7.79. The second kappa shape index (κ2) is 9.01. The van der Waals surface area contributed by atoms with Crippen LogP contribution < -0.4 is 9.47 Å². The molecule has 0 unspecified atom stereocenters. The summed E-state index contributed by atoms with van der Waals surface area (Å²) in [5.74, 6) is -0.154. The van der Waals surface area contributed by atoms with Crippen LogP contribution in [0.3, 0.4) is 0 Å². The summed E-state index contributed by atoms with van der Waals surface area (Å²) < 4.78 is 69.0. The van der Waals surface area contributed by atoms with Crippen LogP contribution in [0, 0.1) is 13.8 Å². The Kier molecular flexibility index (Phi) is 6.29. The normalized spacial score (nSPS) is 16.3. The molecule has 0 aliphatic carbocycles. The van der Waals surface area contributed by atoms with E-state index in [0.717, 1.165) is 22.6 Å². The first-order chi connectivity index (χ1) is 15.7. The van der Waals surface area contributed by atoms with Crippen LogP contribution in [0.25, 0.3) is 22.6 Å². The number of halogens is 4. The van der Waals surface area contributed by atoms with Gasteiger partial charge in [-0.25, -0.2) is 9.37 Å². The Morgan fingerprint density at radius 1 is 1.06 bits per heavy atom. The Hall–Kier alpha value is -3.14. The fourth-order valence-corrected chi connectivity index (χ4v) is 4.05. The summed E-state index contributed by atoms with van der Waals surface area (Å²) in [5.41, 5.74) is 4.31. The van der Waals surface area contributed by atoms with Gasteiger partial charge < -0.3 is 18.8 Å². The number of rotatable bonds is 5. The molecule has 0 saturated carbocycles. The summed E-state index contributed by atoms with van der Waals surface area (Å²) in [6.45, 7) is 3.54. The van der Waals surface area contributed by atoms with E-state index in [9.17, 15) is 17.6 Å². The first kappa shape index (κ1) is 23.0. The molecule has 1 atom stereocenters. The van der Waals surface area contributed by atoms with Crippen LogP contribution in [0.4, 0.5) is 17.6 Å². The van der Waals surface area contributed by atoms with E-state index in [0.29, 0.717) is 30.1 Å². The molecule has 0 radical (unpaired) electrons. The Morgan fingerprint density at radius 3 is 2.42 bits per heavy atom. The van der Waals surface area contributed by atoms with Gasteiger partial charge in [0.1, 0.15) is 18.6 Å². The zero-order valence-electron chi connectivity index (χ0n) is 18.4. The highest BCUT2D eigenvalue weighted by atomic mass is 19.4. The molecule has 0 spiro atoms. The molecule has 3 aromatic rings. The van der Waals surface area contributed by atoms with Crippen molar-refractivity contribution in [3.05, 3.63) is 47.4 Å². The van der Waals surface area contributed by atoms with Crippen LogP contribution in [0.5, 0.6) is 11.5 Å². The second-order valence-corrected chi connectivity index (χ2v) is 7.79. The molecule has 1 aliphatic heterocycles. The average Bonchev–Trinajstić information content (AvgIpc) is 2.95. The van der Waals surface area contributed by atoms with Crippen LogP contribution in [0.2, 0.25) is 0 Å². The third-order valence-corrected chi connectivity index (χ3v) is 5.33. The fraction of sp³-hybridized carbons (Fsp3) is 0.391. The number of imidazole rings is 1. The van der Waals surface area contributed by atoms with Gasteiger partial charge in [-0.3, -0.25) is 4.98 Å². The van der Waals surface area contributed by atoms with Gasteiger partial charge in [-0.15, -0.1) is 13.2 Å². The lowest BCUT2D eigenvalue weighted by atomic mass is 10.1. The van der Waals surface area contributed by atoms with Crippen LogP contribution in [0.15, 0.2) is 30.3 Å². The summed E-state index contributed by atoms with van der Waals surface area (Å²) >= 11 is 0. The molecule has 0 bridgehead atoms. The van der Waals surface area contributed by atoms with Crippen molar-refractivity contribution in [3.8, 4) is 34.1 Å². The van der Waals surface area contributed by atoms with Crippen molar-refractivity contribution in [2.45, 2.75) is 39.3 Å². The highest BCUT2D eigenvalue weighted by Crippen LogP contribution is 2.38. The summed E-state index contributed by atoms with van der Waals surface area (Å²) in [4.78, 5) is 9.20. The number of methoxy groups -OCH3 is 1. The molecule has 10 heteroatoms. The van der Waals surface area contributed by atoms with E-state index < -0.39 is 24.9 Å². The van der Waals surface area contributed by atoms with E-state index >= 15 is 0 Å². The van der Waals surface area contributed by atoms with Crippen LogP contribution in [-0.2, 0) is 17.7 Å². The number of hydrogen-bond acceptors (Lipinski definition) is 5. The van der Waals surface area contributed by atoms with Gasteiger partial charge in [0.25, 0.3) is 0 Å². The van der Waals surface area contributed by atoms with Gasteiger partial charge in [0.2, 0.25) is 0 Å². The SMILES string of the molecule is COc1ccc(-c2nc(-c3cc(C)nc(C)c3)c3n2C[C@@H](CF)OCC3)cc1OC(F)(F)F. The van der Waals surface area contributed by atoms with E-state index in [2.05, 4.69) is 9.72 Å². The zero-order valence-corrected chi connectivity index (χ0v) is 18.4. The molecule has 0 fully saturated rings. The van der Waals surface area contributed by atoms with Gasteiger partial charge >= 0.3 is 6.36 Å². The molecule has 3 heterocycles. The Morgan fingerprint density at radius 2 is 1.79 bits per heavy atom. The van der Waals surface area contributed by atoms with E-state index in [4.69, 9.17) is 14.5 Å². The summed E-state index contributed by atoms with van der Waals surface area (Å²) in [6.07, 6.45) is -5.10. The van der Waals surface area contributed by atoms with Crippen molar-refractivity contribution in [3.63, 3.8) is 0 Å². The van der Waals surface area contributed by atoms with Crippen molar-refractivity contribution < 1.29 is 31.8 Å². The smallest absolute Gasteiger partial charge is 0.493 e. The number of fused-ring (bicyclic) bond motifs is 1. The molecule has 1 aromatic carbocycles. The summed E-state index contributed by atoms with van der Waals surface area (Å²) in [7, 11) is 1.26.